The SMILES string of the molecule is CN(Cc1ccccc1)C(=O)NC(Cc1cn(C(c2ccccc2)(c2ccccc2)c2ccccc2)cn1)C(=O)O. The van der Waals surface area contributed by atoms with Crippen molar-refractivity contribution < 1.29 is 14.7 Å². The second-order valence-corrected chi connectivity index (χ2v) is 9.97. The highest BCUT2D eigenvalue weighted by molar-refractivity contribution is 5.82. The molecule has 0 saturated carbocycles. The van der Waals surface area contributed by atoms with Crippen molar-refractivity contribution in [2.75, 3.05) is 7.05 Å². The van der Waals surface area contributed by atoms with Gasteiger partial charge in [-0.3, -0.25) is 0 Å². The summed E-state index contributed by atoms with van der Waals surface area (Å²) in [6.07, 6.45) is 3.65. The van der Waals surface area contributed by atoms with Crippen molar-refractivity contribution in [1.29, 1.82) is 0 Å². The Morgan fingerprint density at radius 1 is 0.805 bits per heavy atom. The highest BCUT2D eigenvalue weighted by Crippen LogP contribution is 2.40. The number of nitrogens with one attached hydrogen (secondary N) is 1. The summed E-state index contributed by atoms with van der Waals surface area (Å²) >= 11 is 0. The van der Waals surface area contributed by atoms with Crippen LogP contribution in [0.15, 0.2) is 134 Å². The van der Waals surface area contributed by atoms with Gasteiger partial charge in [0.05, 0.1) is 12.0 Å². The van der Waals surface area contributed by atoms with Gasteiger partial charge >= 0.3 is 12.0 Å². The molecule has 4 aromatic carbocycles. The molecule has 0 saturated heterocycles. The van der Waals surface area contributed by atoms with Crippen molar-refractivity contribution in [2.24, 2.45) is 0 Å². The van der Waals surface area contributed by atoms with Gasteiger partial charge in [-0.25, -0.2) is 14.6 Å². The molecule has 7 heteroatoms. The van der Waals surface area contributed by atoms with Crippen molar-refractivity contribution in [3.63, 3.8) is 0 Å². The van der Waals surface area contributed by atoms with E-state index in [0.29, 0.717) is 12.2 Å². The van der Waals surface area contributed by atoms with E-state index in [9.17, 15) is 14.7 Å². The molecule has 7 nitrogen and oxygen atoms in total. The van der Waals surface area contributed by atoms with E-state index >= 15 is 0 Å². The van der Waals surface area contributed by atoms with Crippen LogP contribution in [-0.2, 0) is 23.3 Å². The number of hydrogen-bond acceptors (Lipinski definition) is 3. The molecule has 1 unspecified atom stereocenters. The van der Waals surface area contributed by atoms with Gasteiger partial charge < -0.3 is 19.9 Å². The van der Waals surface area contributed by atoms with Gasteiger partial charge in [-0.05, 0) is 22.3 Å². The topological polar surface area (TPSA) is 87.5 Å². The van der Waals surface area contributed by atoms with Gasteiger partial charge in [0.2, 0.25) is 0 Å². The minimum Gasteiger partial charge on any atom is -0.480 e. The number of urea groups is 1. The fourth-order valence-corrected chi connectivity index (χ4v) is 5.24. The number of imidazole rings is 1. The molecule has 0 aliphatic rings. The van der Waals surface area contributed by atoms with Gasteiger partial charge in [-0.1, -0.05) is 121 Å². The van der Waals surface area contributed by atoms with Crippen LogP contribution in [0.1, 0.15) is 27.9 Å². The predicted octanol–water partition coefficient (Wildman–Crippen LogP) is 5.56. The summed E-state index contributed by atoms with van der Waals surface area (Å²) in [6, 6.07) is 38.5. The smallest absolute Gasteiger partial charge is 0.326 e. The third kappa shape index (κ3) is 5.89. The summed E-state index contributed by atoms with van der Waals surface area (Å²) in [5, 5.41) is 12.7. The number of carboxylic acid groups (broad SMARTS) is 1. The average Bonchev–Trinajstić information content (AvgIpc) is 3.48. The summed E-state index contributed by atoms with van der Waals surface area (Å²) < 4.78 is 2.03. The Morgan fingerprint density at radius 3 is 1.73 bits per heavy atom. The number of amides is 2. The van der Waals surface area contributed by atoms with Crippen LogP contribution in [0.25, 0.3) is 0 Å². The minimum atomic E-state index is -1.15. The molecule has 1 aromatic heterocycles. The fourth-order valence-electron chi connectivity index (χ4n) is 5.24. The zero-order valence-electron chi connectivity index (χ0n) is 22.8. The Balaban J connectivity index is 1.48. The molecule has 0 fully saturated rings. The molecule has 2 N–H and O–H groups in total. The van der Waals surface area contributed by atoms with Gasteiger partial charge in [-0.2, -0.15) is 0 Å². The Bertz CT molecular complexity index is 1480. The van der Waals surface area contributed by atoms with E-state index in [4.69, 9.17) is 0 Å². The Kier molecular flexibility index (Phi) is 8.25. The van der Waals surface area contributed by atoms with E-state index in [1.165, 1.54) is 4.90 Å². The first-order chi connectivity index (χ1) is 20.0. The lowest BCUT2D eigenvalue weighted by Gasteiger charge is -2.37. The maximum absolute atomic E-state index is 12.9. The predicted molar refractivity (Wildman–Crippen MR) is 158 cm³/mol. The number of benzene rings is 4. The molecular formula is C34H32N4O3. The molecular weight excluding hydrogens is 512 g/mol. The first kappa shape index (κ1) is 27.4. The molecule has 206 valence electrons. The summed E-state index contributed by atoms with van der Waals surface area (Å²) in [7, 11) is 1.64. The number of carbonyl (C=O) groups is 2. The van der Waals surface area contributed by atoms with Crippen molar-refractivity contribution in [1.82, 2.24) is 19.8 Å². The molecule has 1 atom stereocenters. The van der Waals surface area contributed by atoms with Crippen molar-refractivity contribution >= 4 is 12.0 Å². The summed E-state index contributed by atoms with van der Waals surface area (Å²) in [5.74, 6) is -1.12. The van der Waals surface area contributed by atoms with Crippen LogP contribution in [-0.4, -0.2) is 44.6 Å². The molecule has 0 aliphatic carbocycles. The Morgan fingerprint density at radius 2 is 1.27 bits per heavy atom. The molecule has 2 amide bonds. The van der Waals surface area contributed by atoms with E-state index in [2.05, 4.69) is 46.7 Å². The van der Waals surface area contributed by atoms with Crippen LogP contribution in [0.4, 0.5) is 4.79 Å². The van der Waals surface area contributed by atoms with Crippen LogP contribution >= 0.6 is 0 Å². The lowest BCUT2D eigenvalue weighted by atomic mass is 9.77. The number of carboxylic acids is 1. The highest BCUT2D eigenvalue weighted by atomic mass is 16.4. The zero-order valence-corrected chi connectivity index (χ0v) is 22.8. The maximum Gasteiger partial charge on any atom is 0.326 e. The van der Waals surface area contributed by atoms with E-state index in [-0.39, 0.29) is 6.42 Å². The number of rotatable bonds is 10. The monoisotopic (exact) mass is 544 g/mol. The third-order valence-corrected chi connectivity index (χ3v) is 7.22. The number of hydrogen-bond donors (Lipinski definition) is 2. The van der Waals surface area contributed by atoms with Crippen LogP contribution < -0.4 is 5.32 Å². The standard InChI is InChI=1S/C34H32N4O3/c1-37(23-26-14-6-2-7-15-26)33(41)36-31(32(39)40)22-30-24-38(25-35-30)34(27-16-8-3-9-17-27,28-18-10-4-11-19-28)29-20-12-5-13-21-29/h2-21,24-25,31H,22-23H2,1H3,(H,36,41)(H,39,40). The van der Waals surface area contributed by atoms with Gasteiger partial charge in [-0.15, -0.1) is 0 Å². The molecule has 5 rings (SSSR count). The maximum atomic E-state index is 12.9. The second kappa shape index (κ2) is 12.3. The van der Waals surface area contributed by atoms with Crippen LogP contribution in [0.5, 0.6) is 0 Å². The first-order valence-electron chi connectivity index (χ1n) is 13.5. The largest absolute Gasteiger partial charge is 0.480 e. The number of carbonyl (C=O) groups excluding carboxylic acids is 1. The van der Waals surface area contributed by atoms with E-state index < -0.39 is 23.6 Å². The molecule has 1 heterocycles. The molecule has 5 aromatic rings. The van der Waals surface area contributed by atoms with E-state index in [0.717, 1.165) is 22.3 Å². The van der Waals surface area contributed by atoms with Gasteiger partial charge in [0.1, 0.15) is 11.6 Å². The second-order valence-electron chi connectivity index (χ2n) is 9.97. The van der Waals surface area contributed by atoms with E-state index in [1.807, 2.05) is 95.7 Å². The average molecular weight is 545 g/mol. The zero-order chi connectivity index (χ0) is 28.7. The normalized spacial score (nSPS) is 11.9. The van der Waals surface area contributed by atoms with E-state index in [1.54, 1.807) is 13.4 Å². The van der Waals surface area contributed by atoms with Crippen LogP contribution in [0.3, 0.4) is 0 Å². The molecule has 0 spiro atoms. The van der Waals surface area contributed by atoms with Crippen molar-refractivity contribution in [3.05, 3.63) is 162 Å². The van der Waals surface area contributed by atoms with Crippen molar-refractivity contribution in [2.45, 2.75) is 24.5 Å². The number of aliphatic carboxylic acids is 1. The fraction of sp³-hybridized carbons (Fsp3) is 0.147. The van der Waals surface area contributed by atoms with Crippen molar-refractivity contribution in [3.8, 4) is 0 Å². The summed E-state index contributed by atoms with van der Waals surface area (Å²) in [6.45, 7) is 0.362. The first-order valence-corrected chi connectivity index (χ1v) is 13.5. The van der Waals surface area contributed by atoms with Crippen LogP contribution in [0, 0.1) is 0 Å². The lowest BCUT2D eigenvalue weighted by Crippen LogP contribution is -2.47. The summed E-state index contributed by atoms with van der Waals surface area (Å²) in [5.41, 5.74) is 3.85. The number of aromatic nitrogens is 2. The number of nitrogens with zero attached hydrogens (tertiary/aromatic N) is 3. The summed E-state index contributed by atoms with van der Waals surface area (Å²) in [4.78, 5) is 31.2. The molecule has 0 bridgehead atoms. The Labute approximate surface area is 239 Å². The van der Waals surface area contributed by atoms with Gasteiger partial charge in [0.15, 0.2) is 0 Å². The van der Waals surface area contributed by atoms with Gasteiger partial charge in [0, 0.05) is 26.2 Å². The highest BCUT2D eigenvalue weighted by Gasteiger charge is 2.38. The Hall–Kier alpha value is -5.17. The third-order valence-electron chi connectivity index (χ3n) is 7.22. The quantitative estimate of drug-likeness (QED) is 0.225. The molecule has 41 heavy (non-hydrogen) atoms. The van der Waals surface area contributed by atoms with Gasteiger partial charge in [0.25, 0.3) is 0 Å². The molecule has 0 radical (unpaired) electrons. The molecule has 0 aliphatic heterocycles. The minimum absolute atomic E-state index is 0.0295. The lowest BCUT2D eigenvalue weighted by molar-refractivity contribution is -0.139. The van der Waals surface area contributed by atoms with Crippen LogP contribution in [0.2, 0.25) is 0 Å².